The van der Waals surface area contributed by atoms with Crippen LogP contribution in [0, 0.1) is 5.82 Å². The van der Waals surface area contributed by atoms with Gasteiger partial charge in [-0.05, 0) is 35.4 Å². The molecule has 0 atom stereocenters. The molecular weight excluding hydrogens is 279 g/mol. The van der Waals surface area contributed by atoms with Crippen LogP contribution in [0.1, 0.15) is 16.9 Å². The summed E-state index contributed by atoms with van der Waals surface area (Å²) < 4.78 is 15.2. The van der Waals surface area contributed by atoms with Crippen molar-refractivity contribution in [1.82, 2.24) is 9.55 Å². The normalized spacial score (nSPS) is 13.4. The Kier molecular flexibility index (Phi) is 2.89. The fraction of sp³-hybridized carbons (Fsp3) is 0.111. The summed E-state index contributed by atoms with van der Waals surface area (Å²) in [6.45, 7) is 0.702. The topological polar surface area (TPSA) is 34.9 Å². The first-order valence-electron chi connectivity index (χ1n) is 7.17. The molecule has 2 aromatic heterocycles. The average Bonchev–Trinajstić information content (AvgIpc) is 3.09. The number of carbonyl (C=O) groups excluding carboxylic acids is 1. The first-order chi connectivity index (χ1) is 10.7. The van der Waals surface area contributed by atoms with E-state index in [0.717, 1.165) is 27.9 Å². The van der Waals surface area contributed by atoms with Crippen LogP contribution in [0.4, 0.5) is 4.39 Å². The van der Waals surface area contributed by atoms with Gasteiger partial charge < -0.3 is 4.57 Å². The number of aryl methyl sites for hydroxylation is 1. The van der Waals surface area contributed by atoms with Crippen LogP contribution >= 0.6 is 0 Å². The van der Waals surface area contributed by atoms with Gasteiger partial charge in [-0.1, -0.05) is 12.1 Å². The van der Waals surface area contributed by atoms with Gasteiger partial charge in [-0.2, -0.15) is 0 Å². The summed E-state index contributed by atoms with van der Waals surface area (Å²) in [5.41, 5.74) is 4.45. The van der Waals surface area contributed by atoms with Crippen molar-refractivity contribution in [2.45, 2.75) is 13.0 Å². The molecule has 4 heteroatoms. The molecule has 0 amide bonds. The highest BCUT2D eigenvalue weighted by Gasteiger charge is 2.27. The van der Waals surface area contributed by atoms with Gasteiger partial charge in [0.25, 0.3) is 0 Å². The maximum Gasteiger partial charge on any atom is 0.181 e. The number of carbonyl (C=O) groups is 1. The number of nitrogens with zero attached hydrogens (tertiary/aromatic N) is 2. The van der Waals surface area contributed by atoms with Gasteiger partial charge in [0.15, 0.2) is 5.78 Å². The van der Waals surface area contributed by atoms with Crippen molar-refractivity contribution < 1.29 is 9.18 Å². The SMILES string of the molecule is O=C1CCn2cc(-c3ccncc3)c(-c3ccc(F)cc3)c21. The summed E-state index contributed by atoms with van der Waals surface area (Å²) >= 11 is 0. The van der Waals surface area contributed by atoms with Crippen LogP contribution in [0.3, 0.4) is 0 Å². The number of aromatic nitrogens is 2. The third-order valence-electron chi connectivity index (χ3n) is 4.05. The standard InChI is InChI=1S/C18H13FN2O/c19-14-3-1-13(2-4-14)17-15(12-5-8-20-9-6-12)11-21-10-7-16(22)18(17)21/h1-6,8-9,11H,7,10H2. The summed E-state index contributed by atoms with van der Waals surface area (Å²) in [4.78, 5) is 16.3. The van der Waals surface area contributed by atoms with E-state index in [-0.39, 0.29) is 11.6 Å². The summed E-state index contributed by atoms with van der Waals surface area (Å²) in [5.74, 6) is -0.143. The van der Waals surface area contributed by atoms with Crippen LogP contribution in [0.15, 0.2) is 55.0 Å². The van der Waals surface area contributed by atoms with Gasteiger partial charge in [0.1, 0.15) is 5.82 Å². The fourth-order valence-corrected chi connectivity index (χ4v) is 3.03. The van der Waals surface area contributed by atoms with Gasteiger partial charge in [0.05, 0.1) is 5.69 Å². The minimum absolute atomic E-state index is 0.139. The van der Waals surface area contributed by atoms with E-state index in [9.17, 15) is 9.18 Å². The lowest BCUT2D eigenvalue weighted by Crippen LogP contribution is -1.95. The van der Waals surface area contributed by atoms with Gasteiger partial charge in [-0.15, -0.1) is 0 Å². The molecular formula is C18H13FN2O. The summed E-state index contributed by atoms with van der Waals surface area (Å²) in [5, 5.41) is 0. The molecule has 3 nitrogen and oxygen atoms in total. The molecule has 0 aliphatic carbocycles. The zero-order valence-corrected chi connectivity index (χ0v) is 11.8. The van der Waals surface area contributed by atoms with Gasteiger partial charge >= 0.3 is 0 Å². The molecule has 0 unspecified atom stereocenters. The second-order valence-electron chi connectivity index (χ2n) is 5.38. The first kappa shape index (κ1) is 13.0. The molecule has 3 heterocycles. The Labute approximate surface area is 127 Å². The minimum atomic E-state index is -0.281. The molecule has 108 valence electrons. The van der Waals surface area contributed by atoms with E-state index in [1.807, 2.05) is 22.9 Å². The molecule has 4 rings (SSSR count). The number of hydrogen-bond acceptors (Lipinski definition) is 2. The smallest absolute Gasteiger partial charge is 0.181 e. The lowest BCUT2D eigenvalue weighted by molar-refractivity contribution is 0.0995. The van der Waals surface area contributed by atoms with E-state index in [1.165, 1.54) is 12.1 Å². The number of hydrogen-bond donors (Lipinski definition) is 0. The number of halogens is 1. The minimum Gasteiger partial charge on any atom is -0.343 e. The number of pyridine rings is 1. The monoisotopic (exact) mass is 292 g/mol. The van der Waals surface area contributed by atoms with E-state index in [4.69, 9.17) is 0 Å². The van der Waals surface area contributed by atoms with Crippen molar-refractivity contribution in [3.05, 3.63) is 66.5 Å². The van der Waals surface area contributed by atoms with Crippen LogP contribution in [-0.2, 0) is 6.54 Å². The number of rotatable bonds is 2. The Balaban J connectivity index is 1.99. The lowest BCUT2D eigenvalue weighted by atomic mass is 9.96. The summed E-state index contributed by atoms with van der Waals surface area (Å²) in [6.07, 6.45) is 6.00. The Morgan fingerprint density at radius 3 is 2.45 bits per heavy atom. The Hall–Kier alpha value is -2.75. The second-order valence-corrected chi connectivity index (χ2v) is 5.38. The predicted molar refractivity (Wildman–Crippen MR) is 82.0 cm³/mol. The van der Waals surface area contributed by atoms with Crippen molar-refractivity contribution >= 4 is 5.78 Å². The van der Waals surface area contributed by atoms with Gasteiger partial charge in [-0.25, -0.2) is 4.39 Å². The fourth-order valence-electron chi connectivity index (χ4n) is 3.03. The number of benzene rings is 1. The largest absolute Gasteiger partial charge is 0.343 e. The second kappa shape index (κ2) is 4.91. The maximum atomic E-state index is 13.2. The van der Waals surface area contributed by atoms with E-state index in [0.29, 0.717) is 13.0 Å². The molecule has 0 saturated heterocycles. The molecule has 0 fully saturated rings. The Bertz CT molecular complexity index is 851. The van der Waals surface area contributed by atoms with Crippen LogP contribution in [0.5, 0.6) is 0 Å². The third-order valence-corrected chi connectivity index (χ3v) is 4.05. The lowest BCUT2D eigenvalue weighted by Gasteiger charge is -2.06. The maximum absolute atomic E-state index is 13.2. The first-order valence-corrected chi connectivity index (χ1v) is 7.17. The third kappa shape index (κ3) is 1.96. The molecule has 0 saturated carbocycles. The quantitative estimate of drug-likeness (QED) is 0.717. The van der Waals surface area contributed by atoms with E-state index >= 15 is 0 Å². The van der Waals surface area contributed by atoms with Crippen LogP contribution in [0.2, 0.25) is 0 Å². The van der Waals surface area contributed by atoms with Crippen LogP contribution in [-0.4, -0.2) is 15.3 Å². The molecule has 0 N–H and O–H groups in total. The van der Waals surface area contributed by atoms with E-state index in [1.54, 1.807) is 24.5 Å². The Morgan fingerprint density at radius 1 is 1.00 bits per heavy atom. The molecule has 0 bridgehead atoms. The van der Waals surface area contributed by atoms with Crippen LogP contribution < -0.4 is 0 Å². The van der Waals surface area contributed by atoms with Crippen molar-refractivity contribution in [2.24, 2.45) is 0 Å². The predicted octanol–water partition coefficient (Wildman–Crippen LogP) is 3.94. The summed E-state index contributed by atoms with van der Waals surface area (Å²) in [7, 11) is 0. The van der Waals surface area contributed by atoms with Gasteiger partial charge in [0.2, 0.25) is 0 Å². The van der Waals surface area contributed by atoms with E-state index < -0.39 is 0 Å². The van der Waals surface area contributed by atoms with Crippen molar-refractivity contribution in [1.29, 1.82) is 0 Å². The molecule has 3 aromatic rings. The van der Waals surface area contributed by atoms with Crippen LogP contribution in [0.25, 0.3) is 22.3 Å². The number of ketones is 1. The van der Waals surface area contributed by atoms with Crippen molar-refractivity contribution in [2.75, 3.05) is 0 Å². The summed E-state index contributed by atoms with van der Waals surface area (Å²) in [6, 6.07) is 10.1. The molecule has 0 radical (unpaired) electrons. The zero-order chi connectivity index (χ0) is 15.1. The molecule has 1 aromatic carbocycles. The highest BCUT2D eigenvalue weighted by molar-refractivity contribution is 6.06. The average molecular weight is 292 g/mol. The number of fused-ring (bicyclic) bond motifs is 1. The molecule has 22 heavy (non-hydrogen) atoms. The molecule has 0 spiro atoms. The molecule has 1 aliphatic heterocycles. The Morgan fingerprint density at radius 2 is 1.73 bits per heavy atom. The zero-order valence-electron chi connectivity index (χ0n) is 11.8. The van der Waals surface area contributed by atoms with Crippen molar-refractivity contribution in [3.63, 3.8) is 0 Å². The highest BCUT2D eigenvalue weighted by atomic mass is 19.1. The number of Topliss-reactive ketones (excluding diaryl/α,β-unsaturated/α-hetero) is 1. The van der Waals surface area contributed by atoms with Gasteiger partial charge in [0, 0.05) is 42.7 Å². The van der Waals surface area contributed by atoms with Crippen molar-refractivity contribution in [3.8, 4) is 22.3 Å². The molecule has 1 aliphatic rings. The van der Waals surface area contributed by atoms with E-state index in [2.05, 4.69) is 4.98 Å². The highest BCUT2D eigenvalue weighted by Crippen LogP contribution is 2.39. The van der Waals surface area contributed by atoms with Gasteiger partial charge in [-0.3, -0.25) is 9.78 Å².